The maximum absolute atomic E-state index is 6.00. The summed E-state index contributed by atoms with van der Waals surface area (Å²) in [6.07, 6.45) is 1.92. The lowest BCUT2D eigenvalue weighted by Gasteiger charge is -2.17. The van der Waals surface area contributed by atoms with Crippen LogP contribution in [0.25, 0.3) is 0 Å². The highest BCUT2D eigenvalue weighted by molar-refractivity contribution is 6.18. The predicted molar refractivity (Wildman–Crippen MR) is 103 cm³/mol. The molecule has 2 unspecified atom stereocenters. The number of hydrogen-bond acceptors (Lipinski definition) is 4. The summed E-state index contributed by atoms with van der Waals surface area (Å²) in [4.78, 5) is 0. The minimum absolute atomic E-state index is 0.132. The summed E-state index contributed by atoms with van der Waals surface area (Å²) in [5.41, 5.74) is 2.42. The molecule has 2 aromatic carbocycles. The van der Waals surface area contributed by atoms with E-state index in [-0.39, 0.29) is 12.2 Å². The van der Waals surface area contributed by atoms with Crippen molar-refractivity contribution >= 4 is 11.6 Å². The average molecular weight is 377 g/mol. The van der Waals surface area contributed by atoms with Gasteiger partial charge in [0.15, 0.2) is 0 Å². The Labute approximate surface area is 160 Å². The Kier molecular flexibility index (Phi) is 7.18. The fraction of sp³-hybridized carbons (Fsp3) is 0.429. The number of epoxide rings is 1. The Balaban J connectivity index is 1.54. The zero-order valence-electron chi connectivity index (χ0n) is 15.0. The molecule has 3 rings (SSSR count). The molecule has 0 saturated carbocycles. The number of ether oxygens (including phenoxy) is 4. The highest BCUT2D eigenvalue weighted by atomic mass is 35.5. The summed E-state index contributed by atoms with van der Waals surface area (Å²) < 4.78 is 22.2. The van der Waals surface area contributed by atoms with Crippen molar-refractivity contribution in [3.05, 3.63) is 59.7 Å². The number of hydrogen-bond donors (Lipinski definition) is 0. The van der Waals surface area contributed by atoms with E-state index in [0.717, 1.165) is 30.9 Å². The molecule has 1 aliphatic rings. The second-order valence-electron chi connectivity index (χ2n) is 6.34. The minimum Gasteiger partial charge on any atom is -0.497 e. The van der Waals surface area contributed by atoms with E-state index in [4.69, 9.17) is 30.5 Å². The zero-order chi connectivity index (χ0) is 18.2. The number of methoxy groups -OCH3 is 1. The highest BCUT2D eigenvalue weighted by Gasteiger charge is 2.24. The molecule has 2 aromatic rings. The molecule has 0 amide bonds. The second-order valence-corrected chi connectivity index (χ2v) is 6.64. The van der Waals surface area contributed by atoms with Gasteiger partial charge in [-0.25, -0.2) is 0 Å². The van der Waals surface area contributed by atoms with Gasteiger partial charge >= 0.3 is 0 Å². The van der Waals surface area contributed by atoms with E-state index >= 15 is 0 Å². The fourth-order valence-corrected chi connectivity index (χ4v) is 2.86. The Morgan fingerprint density at radius 1 is 1.15 bits per heavy atom. The molecule has 0 N–H and O–H groups in total. The molecule has 2 atom stereocenters. The van der Waals surface area contributed by atoms with Crippen molar-refractivity contribution in [1.82, 2.24) is 0 Å². The lowest BCUT2D eigenvalue weighted by molar-refractivity contribution is 0.0260. The van der Waals surface area contributed by atoms with Crippen LogP contribution in [0.1, 0.15) is 11.1 Å². The first-order valence-corrected chi connectivity index (χ1v) is 9.44. The predicted octanol–water partition coefficient (Wildman–Crippen LogP) is 3.88. The Hall–Kier alpha value is -1.75. The van der Waals surface area contributed by atoms with Gasteiger partial charge in [0.1, 0.15) is 30.3 Å². The number of para-hydroxylation sites is 1. The smallest absolute Gasteiger partial charge is 0.122 e. The van der Waals surface area contributed by atoms with Gasteiger partial charge in [-0.2, -0.15) is 0 Å². The summed E-state index contributed by atoms with van der Waals surface area (Å²) in [7, 11) is 1.69. The summed E-state index contributed by atoms with van der Waals surface area (Å²) in [6.45, 7) is 1.80. The van der Waals surface area contributed by atoms with Crippen molar-refractivity contribution in [3.8, 4) is 11.5 Å². The molecule has 1 heterocycles. The summed E-state index contributed by atoms with van der Waals surface area (Å²) in [5.74, 6) is 2.17. The summed E-state index contributed by atoms with van der Waals surface area (Å²) in [6, 6.07) is 16.3. The lowest BCUT2D eigenvalue weighted by Crippen LogP contribution is -2.25. The van der Waals surface area contributed by atoms with E-state index in [1.807, 2.05) is 30.3 Å². The Morgan fingerprint density at radius 2 is 2.00 bits per heavy atom. The van der Waals surface area contributed by atoms with Crippen molar-refractivity contribution in [2.75, 3.05) is 32.8 Å². The number of halogens is 1. The molecule has 26 heavy (non-hydrogen) atoms. The third-order valence-corrected chi connectivity index (χ3v) is 4.65. The molecule has 140 valence electrons. The van der Waals surface area contributed by atoms with Crippen LogP contribution in [-0.2, 0) is 22.3 Å². The molecule has 4 nitrogen and oxygen atoms in total. The lowest BCUT2D eigenvalue weighted by atomic mass is 10.0. The van der Waals surface area contributed by atoms with E-state index in [1.165, 1.54) is 11.1 Å². The standard InChI is InChI=1S/C21H25ClO4/c1-23-18-7-4-5-16(11-18)9-10-17-6-2-3-8-21(17)26-13-19(12-22)24-14-20-15-25-20/h2-8,11,19-20H,9-10,12-15H2,1H3. The van der Waals surface area contributed by atoms with Gasteiger partial charge < -0.3 is 18.9 Å². The van der Waals surface area contributed by atoms with Crippen LogP contribution in [0, 0.1) is 0 Å². The van der Waals surface area contributed by atoms with Crippen LogP contribution in [0.2, 0.25) is 0 Å². The Morgan fingerprint density at radius 3 is 2.77 bits per heavy atom. The van der Waals surface area contributed by atoms with Gasteiger partial charge in [-0.15, -0.1) is 11.6 Å². The van der Waals surface area contributed by atoms with Crippen LogP contribution in [0.3, 0.4) is 0 Å². The van der Waals surface area contributed by atoms with Crippen LogP contribution >= 0.6 is 11.6 Å². The van der Waals surface area contributed by atoms with Gasteiger partial charge in [-0.05, 0) is 42.2 Å². The molecular weight excluding hydrogens is 352 g/mol. The number of rotatable bonds is 11. The van der Waals surface area contributed by atoms with Crippen molar-refractivity contribution in [1.29, 1.82) is 0 Å². The molecular formula is C21H25ClO4. The SMILES string of the molecule is COc1cccc(CCc2ccccc2OCC(CCl)OCC2CO2)c1. The summed E-state index contributed by atoms with van der Waals surface area (Å²) >= 11 is 5.99. The average Bonchev–Trinajstić information content (AvgIpc) is 3.52. The van der Waals surface area contributed by atoms with Crippen molar-refractivity contribution in [3.63, 3.8) is 0 Å². The van der Waals surface area contributed by atoms with Gasteiger partial charge in [0, 0.05) is 0 Å². The molecule has 5 heteroatoms. The number of benzene rings is 2. The van der Waals surface area contributed by atoms with Crippen LogP contribution in [-0.4, -0.2) is 45.0 Å². The van der Waals surface area contributed by atoms with Crippen LogP contribution in [0.5, 0.6) is 11.5 Å². The van der Waals surface area contributed by atoms with Gasteiger partial charge in [-0.1, -0.05) is 30.3 Å². The molecule has 0 aromatic heterocycles. The van der Waals surface area contributed by atoms with Gasteiger partial charge in [-0.3, -0.25) is 0 Å². The van der Waals surface area contributed by atoms with E-state index in [9.17, 15) is 0 Å². The molecule has 0 bridgehead atoms. The van der Waals surface area contributed by atoms with E-state index in [2.05, 4.69) is 18.2 Å². The molecule has 1 fully saturated rings. The fourth-order valence-electron chi connectivity index (χ4n) is 2.69. The zero-order valence-corrected chi connectivity index (χ0v) is 15.8. The monoisotopic (exact) mass is 376 g/mol. The molecule has 1 saturated heterocycles. The normalized spacial score (nSPS) is 16.9. The van der Waals surface area contributed by atoms with Crippen LogP contribution < -0.4 is 9.47 Å². The van der Waals surface area contributed by atoms with Crippen LogP contribution in [0.4, 0.5) is 0 Å². The first kappa shape index (κ1) is 19.0. The first-order valence-electron chi connectivity index (χ1n) is 8.91. The number of alkyl halides is 1. The molecule has 0 spiro atoms. The number of aryl methyl sites for hydroxylation is 2. The third kappa shape index (κ3) is 5.90. The van der Waals surface area contributed by atoms with Crippen LogP contribution in [0.15, 0.2) is 48.5 Å². The van der Waals surface area contributed by atoms with E-state index in [0.29, 0.717) is 19.1 Å². The van der Waals surface area contributed by atoms with Gasteiger partial charge in [0.25, 0.3) is 0 Å². The Bertz CT molecular complexity index is 687. The van der Waals surface area contributed by atoms with Crippen molar-refractivity contribution in [2.24, 2.45) is 0 Å². The largest absolute Gasteiger partial charge is 0.497 e. The quantitative estimate of drug-likeness (QED) is 0.440. The van der Waals surface area contributed by atoms with E-state index < -0.39 is 0 Å². The van der Waals surface area contributed by atoms with Gasteiger partial charge in [0.2, 0.25) is 0 Å². The van der Waals surface area contributed by atoms with Crippen molar-refractivity contribution < 1.29 is 18.9 Å². The topological polar surface area (TPSA) is 40.2 Å². The first-order chi connectivity index (χ1) is 12.8. The third-order valence-electron chi connectivity index (χ3n) is 4.31. The molecule has 0 radical (unpaired) electrons. The van der Waals surface area contributed by atoms with Gasteiger partial charge in [0.05, 0.1) is 26.2 Å². The van der Waals surface area contributed by atoms with Crippen molar-refractivity contribution in [2.45, 2.75) is 25.0 Å². The maximum atomic E-state index is 6.00. The maximum Gasteiger partial charge on any atom is 0.122 e. The highest BCUT2D eigenvalue weighted by Crippen LogP contribution is 2.22. The second kappa shape index (κ2) is 9.81. The minimum atomic E-state index is -0.132. The molecule has 1 aliphatic heterocycles. The molecule has 0 aliphatic carbocycles. The van der Waals surface area contributed by atoms with E-state index in [1.54, 1.807) is 7.11 Å². The summed E-state index contributed by atoms with van der Waals surface area (Å²) in [5, 5.41) is 0.